The quantitative estimate of drug-likeness (QED) is 0.774. The number of esters is 1. The van der Waals surface area contributed by atoms with Gasteiger partial charge in [-0.05, 0) is 0 Å². The number of amides is 1. The Balaban J connectivity index is 2.27. The molecule has 0 radical (unpaired) electrons. The normalized spacial score (nSPS) is 15.2. The Morgan fingerprint density at radius 2 is 1.91 bits per heavy atom. The molecule has 1 heterocycles. The van der Waals surface area contributed by atoms with Gasteiger partial charge in [0.25, 0.3) is 5.91 Å². The maximum atomic E-state index is 11.8. The molecule has 1 atom stereocenters. The Hall–Kier alpha value is -2.64. The van der Waals surface area contributed by atoms with Crippen LogP contribution in [-0.2, 0) is 14.3 Å². The van der Waals surface area contributed by atoms with E-state index < -0.39 is 17.9 Å². The van der Waals surface area contributed by atoms with Crippen LogP contribution < -0.4 is 24.3 Å². The van der Waals surface area contributed by atoms with E-state index in [1.807, 2.05) is 0 Å². The summed E-state index contributed by atoms with van der Waals surface area (Å²) in [5.74, 6) is 0.897. The molecule has 1 aromatic carbocycles. The van der Waals surface area contributed by atoms with E-state index in [0.717, 1.165) is 0 Å². The van der Waals surface area contributed by atoms with E-state index in [-0.39, 0.29) is 13.2 Å². The van der Waals surface area contributed by atoms with Gasteiger partial charge < -0.3 is 29.0 Å². The van der Waals surface area contributed by atoms with Crippen LogP contribution in [0, 0.1) is 0 Å². The monoisotopic (exact) mass is 325 g/mol. The van der Waals surface area contributed by atoms with Gasteiger partial charge in [0, 0.05) is 13.0 Å². The Kier molecular flexibility index (Phi) is 5.15. The van der Waals surface area contributed by atoms with Crippen molar-refractivity contribution >= 4 is 11.9 Å². The topological polar surface area (TPSA) is 92.3 Å². The smallest absolute Gasteiger partial charge is 0.303 e. The van der Waals surface area contributed by atoms with Crippen LogP contribution in [0.5, 0.6) is 23.0 Å². The number of hydrogen-bond acceptors (Lipinski definition) is 7. The Bertz CT molecular complexity index is 614. The lowest BCUT2D eigenvalue weighted by molar-refractivity contribution is -0.146. The summed E-state index contributed by atoms with van der Waals surface area (Å²) in [6.45, 7) is 1.12. The lowest BCUT2D eigenvalue weighted by Crippen LogP contribution is -2.33. The van der Waals surface area contributed by atoms with Gasteiger partial charge in [0.2, 0.25) is 5.75 Å². The number of fused-ring (bicyclic) bond motifs is 1. The van der Waals surface area contributed by atoms with Crippen molar-refractivity contribution in [3.8, 4) is 23.0 Å². The molecular formula is C15H19NO7. The van der Waals surface area contributed by atoms with Gasteiger partial charge in [0.1, 0.15) is 12.4 Å². The molecule has 1 N–H and O–H groups in total. The fourth-order valence-electron chi connectivity index (χ4n) is 2.38. The third-order valence-electron chi connectivity index (χ3n) is 3.33. The van der Waals surface area contributed by atoms with Crippen LogP contribution >= 0.6 is 0 Å². The molecule has 2 rings (SSSR count). The Labute approximate surface area is 133 Å². The zero-order chi connectivity index (χ0) is 17.0. The molecule has 8 nitrogen and oxygen atoms in total. The largest absolute Gasteiger partial charge is 0.493 e. The van der Waals surface area contributed by atoms with Crippen LogP contribution in [0.2, 0.25) is 0 Å². The molecule has 8 heteroatoms. The first kappa shape index (κ1) is 16.7. The molecule has 0 saturated carbocycles. The molecule has 0 aromatic heterocycles. The summed E-state index contributed by atoms with van der Waals surface area (Å²) >= 11 is 0. The lowest BCUT2D eigenvalue weighted by atomic mass is 10.1. The second-order valence-electron chi connectivity index (χ2n) is 4.77. The SMILES string of the molecule is COc1cc2c(c(OC)c1OC)C(NC(=O)COC(C)=O)CO2. The summed E-state index contributed by atoms with van der Waals surface area (Å²) in [6.07, 6.45) is 0. The maximum Gasteiger partial charge on any atom is 0.303 e. The molecule has 0 aliphatic carbocycles. The van der Waals surface area contributed by atoms with Crippen LogP contribution in [0.1, 0.15) is 18.5 Å². The molecule has 0 fully saturated rings. The predicted molar refractivity (Wildman–Crippen MR) is 79.1 cm³/mol. The Morgan fingerprint density at radius 1 is 1.22 bits per heavy atom. The standard InChI is InChI=1S/C15H19NO7/c1-8(17)22-7-12(18)16-9-6-23-10-5-11(19-2)14(20-3)15(21-4)13(9)10/h5,9H,6-7H2,1-4H3,(H,16,18). The summed E-state index contributed by atoms with van der Waals surface area (Å²) in [6, 6.07) is 1.23. The molecule has 1 amide bonds. The lowest BCUT2D eigenvalue weighted by Gasteiger charge is -2.18. The predicted octanol–water partition coefficient (Wildman–Crippen LogP) is 0.825. The van der Waals surface area contributed by atoms with Crippen LogP contribution in [-0.4, -0.2) is 46.4 Å². The summed E-state index contributed by atoms with van der Waals surface area (Å²) in [5, 5.41) is 2.74. The summed E-state index contributed by atoms with van der Waals surface area (Å²) in [5.41, 5.74) is 0.654. The third-order valence-corrected chi connectivity index (χ3v) is 3.33. The molecule has 0 spiro atoms. The first-order valence-corrected chi connectivity index (χ1v) is 6.90. The summed E-state index contributed by atoms with van der Waals surface area (Å²) in [4.78, 5) is 22.6. The van der Waals surface area contributed by atoms with E-state index in [2.05, 4.69) is 10.1 Å². The molecule has 1 aliphatic rings. The van der Waals surface area contributed by atoms with Crippen LogP contribution in [0.4, 0.5) is 0 Å². The highest BCUT2D eigenvalue weighted by atomic mass is 16.5. The second kappa shape index (κ2) is 7.08. The van der Waals surface area contributed by atoms with Gasteiger partial charge in [-0.3, -0.25) is 9.59 Å². The number of nitrogens with one attached hydrogen (secondary N) is 1. The van der Waals surface area contributed by atoms with Crippen molar-refractivity contribution in [2.75, 3.05) is 34.5 Å². The zero-order valence-electron chi connectivity index (χ0n) is 13.4. The van der Waals surface area contributed by atoms with Gasteiger partial charge in [-0.1, -0.05) is 0 Å². The second-order valence-corrected chi connectivity index (χ2v) is 4.77. The number of benzene rings is 1. The Morgan fingerprint density at radius 3 is 2.48 bits per heavy atom. The van der Waals surface area contributed by atoms with Crippen molar-refractivity contribution in [2.24, 2.45) is 0 Å². The van der Waals surface area contributed by atoms with Crippen LogP contribution in [0.25, 0.3) is 0 Å². The van der Waals surface area contributed by atoms with Gasteiger partial charge in [-0.25, -0.2) is 0 Å². The third kappa shape index (κ3) is 3.41. The minimum absolute atomic E-state index is 0.230. The number of hydrogen-bond donors (Lipinski definition) is 1. The van der Waals surface area contributed by atoms with Crippen LogP contribution in [0.15, 0.2) is 6.07 Å². The first-order chi connectivity index (χ1) is 11.0. The minimum atomic E-state index is -0.521. The highest BCUT2D eigenvalue weighted by Gasteiger charge is 2.33. The van der Waals surface area contributed by atoms with Crippen LogP contribution in [0.3, 0.4) is 0 Å². The van der Waals surface area contributed by atoms with E-state index in [0.29, 0.717) is 28.6 Å². The van der Waals surface area contributed by atoms with Crippen molar-refractivity contribution in [1.82, 2.24) is 5.32 Å². The van der Waals surface area contributed by atoms with Crippen molar-refractivity contribution in [3.63, 3.8) is 0 Å². The van der Waals surface area contributed by atoms with Gasteiger partial charge in [-0.2, -0.15) is 0 Å². The zero-order valence-corrected chi connectivity index (χ0v) is 13.4. The first-order valence-electron chi connectivity index (χ1n) is 6.90. The van der Waals surface area contributed by atoms with Crippen molar-refractivity contribution in [3.05, 3.63) is 11.6 Å². The average Bonchev–Trinajstić information content (AvgIpc) is 2.93. The number of carbonyl (C=O) groups excluding carboxylic acids is 2. The van der Waals surface area contributed by atoms with Gasteiger partial charge >= 0.3 is 5.97 Å². The molecule has 1 aromatic rings. The molecule has 1 unspecified atom stereocenters. The molecule has 1 aliphatic heterocycles. The van der Waals surface area contributed by atoms with Crippen molar-refractivity contribution in [1.29, 1.82) is 0 Å². The van der Waals surface area contributed by atoms with E-state index in [4.69, 9.17) is 18.9 Å². The summed E-state index contributed by atoms with van der Waals surface area (Å²) in [7, 11) is 4.50. The highest BCUT2D eigenvalue weighted by Crippen LogP contribution is 2.50. The van der Waals surface area contributed by atoms with E-state index >= 15 is 0 Å². The van der Waals surface area contributed by atoms with Gasteiger partial charge in [0.05, 0.1) is 32.9 Å². The van der Waals surface area contributed by atoms with E-state index in [9.17, 15) is 9.59 Å². The fraction of sp³-hybridized carbons (Fsp3) is 0.467. The van der Waals surface area contributed by atoms with Crippen molar-refractivity contribution < 1.29 is 33.3 Å². The highest BCUT2D eigenvalue weighted by molar-refractivity contribution is 5.81. The van der Waals surface area contributed by atoms with E-state index in [1.165, 1.54) is 28.3 Å². The number of carbonyl (C=O) groups is 2. The molecule has 23 heavy (non-hydrogen) atoms. The fourth-order valence-corrected chi connectivity index (χ4v) is 2.38. The molecule has 126 valence electrons. The van der Waals surface area contributed by atoms with Gasteiger partial charge in [-0.15, -0.1) is 0 Å². The minimum Gasteiger partial charge on any atom is -0.493 e. The van der Waals surface area contributed by atoms with Gasteiger partial charge in [0.15, 0.2) is 18.1 Å². The van der Waals surface area contributed by atoms with Crippen molar-refractivity contribution in [2.45, 2.75) is 13.0 Å². The molecular weight excluding hydrogens is 306 g/mol. The van der Waals surface area contributed by atoms with E-state index in [1.54, 1.807) is 6.07 Å². The number of methoxy groups -OCH3 is 3. The average molecular weight is 325 g/mol. The summed E-state index contributed by atoms with van der Waals surface area (Å²) < 4.78 is 26.2. The molecule has 0 bridgehead atoms. The number of ether oxygens (including phenoxy) is 5. The number of rotatable bonds is 6. The molecule has 0 saturated heterocycles. The maximum absolute atomic E-state index is 11.8.